The lowest BCUT2D eigenvalue weighted by Gasteiger charge is -2.34. The lowest BCUT2D eigenvalue weighted by molar-refractivity contribution is -0.153. The summed E-state index contributed by atoms with van der Waals surface area (Å²) in [5.74, 6) is 0.0188. The van der Waals surface area contributed by atoms with E-state index in [1.165, 1.54) is 12.7 Å². The van der Waals surface area contributed by atoms with Crippen LogP contribution in [0.15, 0.2) is 40.5 Å². The fourth-order valence-electron chi connectivity index (χ4n) is 3.75. The van der Waals surface area contributed by atoms with Crippen molar-refractivity contribution in [3.63, 3.8) is 0 Å². The predicted octanol–water partition coefficient (Wildman–Crippen LogP) is 3.00. The molecule has 2 aromatic rings. The Balaban J connectivity index is 1.38. The number of methoxy groups -OCH3 is 1. The number of carboxylic acids is 1. The third kappa shape index (κ3) is 3.92. The molecule has 2 aliphatic heterocycles. The third-order valence-electron chi connectivity index (χ3n) is 5.13. The number of likely N-dealkylation sites (tertiary alicyclic amines) is 1. The normalized spacial score (nSPS) is 18.3. The van der Waals surface area contributed by atoms with Gasteiger partial charge in [0, 0.05) is 30.9 Å². The molecule has 3 heterocycles. The second kappa shape index (κ2) is 7.84. The van der Waals surface area contributed by atoms with E-state index >= 15 is 0 Å². The van der Waals surface area contributed by atoms with Gasteiger partial charge in [-0.3, -0.25) is 4.90 Å². The van der Waals surface area contributed by atoms with Crippen molar-refractivity contribution < 1.29 is 14.6 Å². The Morgan fingerprint density at radius 3 is 2.89 bits per heavy atom. The average molecular weight is 386 g/mol. The molecule has 4 rings (SSSR count). The maximum absolute atomic E-state index is 11.3. The largest absolute Gasteiger partial charge is 0.479 e. The predicted molar refractivity (Wildman–Crippen MR) is 102 cm³/mol. The molecular weight excluding hydrogens is 364 g/mol. The Hall–Kier alpha value is -2.16. The highest BCUT2D eigenvalue weighted by molar-refractivity contribution is 7.99. The molecule has 2 aliphatic rings. The summed E-state index contributed by atoms with van der Waals surface area (Å²) in [4.78, 5) is 23.5. The molecule has 0 amide bonds. The van der Waals surface area contributed by atoms with Crippen LogP contribution in [0.1, 0.15) is 18.4 Å². The Morgan fingerprint density at radius 1 is 1.37 bits per heavy atom. The van der Waals surface area contributed by atoms with Gasteiger partial charge in [0.2, 0.25) is 0 Å². The number of anilines is 2. The molecule has 7 nitrogen and oxygen atoms in total. The summed E-state index contributed by atoms with van der Waals surface area (Å²) in [6.45, 7) is 2.61. The molecule has 2 N–H and O–H groups in total. The van der Waals surface area contributed by atoms with Gasteiger partial charge in [-0.15, -0.1) is 0 Å². The number of hydrogen-bond acceptors (Lipinski definition) is 7. The Labute approximate surface area is 162 Å². The first kappa shape index (κ1) is 18.2. The van der Waals surface area contributed by atoms with Crippen LogP contribution < -0.4 is 5.32 Å². The van der Waals surface area contributed by atoms with Gasteiger partial charge in [-0.1, -0.05) is 17.8 Å². The van der Waals surface area contributed by atoms with Crippen molar-refractivity contribution in [2.45, 2.75) is 35.4 Å². The van der Waals surface area contributed by atoms with Crippen LogP contribution in [-0.4, -0.2) is 52.2 Å². The Bertz CT molecular complexity index is 839. The molecule has 142 valence electrons. The van der Waals surface area contributed by atoms with E-state index in [0.29, 0.717) is 0 Å². The number of aliphatic carboxylic acids is 1. The molecule has 1 saturated heterocycles. The van der Waals surface area contributed by atoms with Crippen LogP contribution in [0.2, 0.25) is 0 Å². The van der Waals surface area contributed by atoms with Crippen molar-refractivity contribution in [2.24, 2.45) is 5.92 Å². The third-order valence-corrected chi connectivity index (χ3v) is 6.20. The number of hydrogen-bond donors (Lipinski definition) is 2. The van der Waals surface area contributed by atoms with Crippen LogP contribution in [0, 0.1) is 5.92 Å². The highest BCUT2D eigenvalue weighted by Gasteiger charge is 2.31. The molecule has 27 heavy (non-hydrogen) atoms. The fourth-order valence-corrected chi connectivity index (χ4v) is 4.62. The van der Waals surface area contributed by atoms with Crippen molar-refractivity contribution in [1.29, 1.82) is 0 Å². The van der Waals surface area contributed by atoms with Crippen molar-refractivity contribution in [2.75, 3.05) is 25.5 Å². The van der Waals surface area contributed by atoms with Gasteiger partial charge >= 0.3 is 5.97 Å². The number of nitrogens with zero attached hydrogens (tertiary/aromatic N) is 3. The highest BCUT2D eigenvalue weighted by atomic mass is 32.2. The standard InChI is InChI=1S/C19H22N4O3S/c1-26-16(19(24)25)13-4-8-23(9-5-13)11-12-2-3-15-14(10-12)22-17-18(27-15)21-7-6-20-17/h2-3,6-7,10,13,16H,4-5,8-9,11H2,1H3,(H,20,22)(H,24,25). The van der Waals surface area contributed by atoms with Crippen molar-refractivity contribution >= 4 is 29.2 Å². The summed E-state index contributed by atoms with van der Waals surface area (Å²) in [6.07, 6.45) is 4.38. The lowest BCUT2D eigenvalue weighted by Crippen LogP contribution is -2.41. The zero-order valence-electron chi connectivity index (χ0n) is 15.1. The molecule has 8 heteroatoms. The topological polar surface area (TPSA) is 87.6 Å². The zero-order valence-corrected chi connectivity index (χ0v) is 15.9. The van der Waals surface area contributed by atoms with Gasteiger partial charge < -0.3 is 15.2 Å². The smallest absolute Gasteiger partial charge is 0.333 e. The molecule has 1 unspecified atom stereocenters. The minimum atomic E-state index is -0.863. The average Bonchev–Trinajstić information content (AvgIpc) is 2.68. The maximum atomic E-state index is 11.3. The number of ether oxygens (including phenoxy) is 1. The monoisotopic (exact) mass is 386 g/mol. The Morgan fingerprint density at radius 2 is 2.15 bits per heavy atom. The maximum Gasteiger partial charge on any atom is 0.333 e. The van der Waals surface area contributed by atoms with Crippen molar-refractivity contribution in [1.82, 2.24) is 14.9 Å². The summed E-state index contributed by atoms with van der Waals surface area (Å²) in [5.41, 5.74) is 2.29. The van der Waals surface area contributed by atoms with Crippen molar-refractivity contribution in [3.8, 4) is 0 Å². The molecule has 1 fully saturated rings. The number of nitrogens with one attached hydrogen (secondary N) is 1. The Kier molecular flexibility index (Phi) is 5.29. The molecule has 0 radical (unpaired) electrons. The molecule has 1 aromatic carbocycles. The number of fused-ring (bicyclic) bond motifs is 2. The van der Waals surface area contributed by atoms with Gasteiger partial charge in [0.15, 0.2) is 11.9 Å². The van der Waals surface area contributed by atoms with Crippen LogP contribution in [0.4, 0.5) is 11.5 Å². The minimum Gasteiger partial charge on any atom is -0.479 e. The molecule has 0 spiro atoms. The number of piperidine rings is 1. The number of benzene rings is 1. The molecule has 1 atom stereocenters. The highest BCUT2D eigenvalue weighted by Crippen LogP contribution is 2.42. The van der Waals surface area contributed by atoms with E-state index < -0.39 is 12.1 Å². The summed E-state index contributed by atoms with van der Waals surface area (Å²) in [6, 6.07) is 6.44. The van der Waals surface area contributed by atoms with Gasteiger partial charge in [-0.05, 0) is 49.5 Å². The molecule has 1 aromatic heterocycles. The van der Waals surface area contributed by atoms with Gasteiger partial charge in [0.1, 0.15) is 5.03 Å². The van der Waals surface area contributed by atoms with Gasteiger partial charge in [-0.25, -0.2) is 14.8 Å². The van der Waals surface area contributed by atoms with E-state index in [9.17, 15) is 9.90 Å². The first-order valence-electron chi connectivity index (χ1n) is 9.01. The quantitative estimate of drug-likeness (QED) is 0.692. The van der Waals surface area contributed by atoms with E-state index in [0.717, 1.165) is 53.9 Å². The first-order valence-corrected chi connectivity index (χ1v) is 9.82. The number of carboxylic acid groups (broad SMARTS) is 1. The van der Waals surface area contributed by atoms with Crippen LogP contribution in [-0.2, 0) is 16.1 Å². The van der Waals surface area contributed by atoms with E-state index in [1.807, 2.05) is 0 Å². The number of rotatable bonds is 5. The van der Waals surface area contributed by atoms with Crippen LogP contribution >= 0.6 is 11.8 Å². The second-order valence-electron chi connectivity index (χ2n) is 6.88. The zero-order chi connectivity index (χ0) is 18.8. The number of carbonyl (C=O) groups is 1. The van der Waals surface area contributed by atoms with Crippen molar-refractivity contribution in [3.05, 3.63) is 36.2 Å². The van der Waals surface area contributed by atoms with Gasteiger partial charge in [0.05, 0.1) is 5.69 Å². The minimum absolute atomic E-state index is 0.0837. The molecular formula is C19H22N4O3S. The van der Waals surface area contributed by atoms with Crippen LogP contribution in [0.25, 0.3) is 0 Å². The second-order valence-corrected chi connectivity index (χ2v) is 7.91. The molecule has 0 saturated carbocycles. The SMILES string of the molecule is COC(C(=O)O)C1CCN(Cc2ccc3c(c2)Nc2nccnc2S3)CC1. The number of aromatic nitrogens is 2. The first-order chi connectivity index (χ1) is 13.1. The fraction of sp³-hybridized carbons (Fsp3) is 0.421. The van der Waals surface area contributed by atoms with Crippen LogP contribution in [0.3, 0.4) is 0 Å². The summed E-state index contributed by atoms with van der Waals surface area (Å²) < 4.78 is 5.16. The molecule has 0 bridgehead atoms. The van der Waals surface area contributed by atoms with E-state index in [-0.39, 0.29) is 5.92 Å². The molecule has 0 aliphatic carbocycles. The van der Waals surface area contributed by atoms with Gasteiger partial charge in [-0.2, -0.15) is 0 Å². The van der Waals surface area contributed by atoms with E-state index in [2.05, 4.69) is 38.4 Å². The van der Waals surface area contributed by atoms with E-state index in [4.69, 9.17) is 4.74 Å². The van der Waals surface area contributed by atoms with E-state index in [1.54, 1.807) is 24.2 Å². The lowest BCUT2D eigenvalue weighted by atomic mass is 9.91. The summed E-state index contributed by atoms with van der Waals surface area (Å²) in [5, 5.41) is 13.5. The summed E-state index contributed by atoms with van der Waals surface area (Å²) in [7, 11) is 1.48. The summed E-state index contributed by atoms with van der Waals surface area (Å²) >= 11 is 1.63. The van der Waals surface area contributed by atoms with Crippen LogP contribution in [0.5, 0.6) is 0 Å². The van der Waals surface area contributed by atoms with Gasteiger partial charge in [0.25, 0.3) is 0 Å².